The molecule has 2 aliphatic rings. The molecular weight excluding hydrogens is 344 g/mol. The SMILES string of the molecule is O=C1CCCN1CC(=O)N1CCc2oc(-c3cc(F)cc(F)c3)nc2C1. The third-order valence-corrected chi connectivity index (χ3v) is 4.69. The van der Waals surface area contributed by atoms with Gasteiger partial charge in [0.2, 0.25) is 17.7 Å². The zero-order valence-electron chi connectivity index (χ0n) is 14.0. The molecule has 0 saturated carbocycles. The van der Waals surface area contributed by atoms with Crippen molar-refractivity contribution in [2.45, 2.75) is 25.8 Å². The van der Waals surface area contributed by atoms with Crippen molar-refractivity contribution in [3.63, 3.8) is 0 Å². The second kappa shape index (κ2) is 6.51. The summed E-state index contributed by atoms with van der Waals surface area (Å²) in [4.78, 5) is 31.6. The summed E-state index contributed by atoms with van der Waals surface area (Å²) in [7, 11) is 0. The van der Waals surface area contributed by atoms with Crippen LogP contribution in [0.3, 0.4) is 0 Å². The van der Waals surface area contributed by atoms with Crippen LogP contribution in [0.4, 0.5) is 8.78 Å². The first-order valence-corrected chi connectivity index (χ1v) is 8.50. The van der Waals surface area contributed by atoms with Gasteiger partial charge in [0.15, 0.2) is 0 Å². The van der Waals surface area contributed by atoms with Gasteiger partial charge in [0.05, 0.1) is 13.1 Å². The maximum Gasteiger partial charge on any atom is 0.242 e. The van der Waals surface area contributed by atoms with Gasteiger partial charge in [0.1, 0.15) is 23.1 Å². The second-order valence-corrected chi connectivity index (χ2v) is 6.53. The van der Waals surface area contributed by atoms with Crippen LogP contribution >= 0.6 is 0 Å². The molecular formula is C18H17F2N3O3. The fourth-order valence-corrected chi connectivity index (χ4v) is 3.35. The Morgan fingerprint density at radius 3 is 2.62 bits per heavy atom. The number of carbonyl (C=O) groups is 2. The second-order valence-electron chi connectivity index (χ2n) is 6.53. The zero-order valence-corrected chi connectivity index (χ0v) is 14.0. The van der Waals surface area contributed by atoms with Gasteiger partial charge in [0.25, 0.3) is 0 Å². The summed E-state index contributed by atoms with van der Waals surface area (Å²) in [6.45, 7) is 1.41. The predicted molar refractivity (Wildman–Crippen MR) is 86.8 cm³/mol. The van der Waals surface area contributed by atoms with Crippen molar-refractivity contribution in [1.82, 2.24) is 14.8 Å². The lowest BCUT2D eigenvalue weighted by molar-refractivity contribution is -0.139. The Hall–Kier alpha value is -2.77. The van der Waals surface area contributed by atoms with Gasteiger partial charge in [-0.3, -0.25) is 9.59 Å². The minimum absolute atomic E-state index is 0.00732. The van der Waals surface area contributed by atoms with E-state index in [4.69, 9.17) is 4.42 Å². The van der Waals surface area contributed by atoms with Crippen molar-refractivity contribution in [1.29, 1.82) is 0 Å². The standard InChI is InChI=1S/C18H17F2N3O3/c19-12-6-11(7-13(20)8-12)18-21-14-9-23(5-3-15(14)26-18)17(25)10-22-4-1-2-16(22)24/h6-8H,1-5,9-10H2. The highest BCUT2D eigenvalue weighted by atomic mass is 19.1. The van der Waals surface area contributed by atoms with E-state index in [-0.39, 0.29) is 36.4 Å². The van der Waals surface area contributed by atoms with Gasteiger partial charge < -0.3 is 14.2 Å². The van der Waals surface area contributed by atoms with Crippen molar-refractivity contribution in [2.24, 2.45) is 0 Å². The highest BCUT2D eigenvalue weighted by molar-refractivity contribution is 5.86. The van der Waals surface area contributed by atoms with Crippen LogP contribution in [0.1, 0.15) is 24.3 Å². The van der Waals surface area contributed by atoms with Crippen molar-refractivity contribution in [3.8, 4) is 11.5 Å². The fourth-order valence-electron chi connectivity index (χ4n) is 3.35. The maximum absolute atomic E-state index is 13.4. The Morgan fingerprint density at radius 2 is 1.92 bits per heavy atom. The number of aromatic nitrogens is 1. The molecule has 136 valence electrons. The average Bonchev–Trinajstić information content (AvgIpc) is 3.19. The Bertz CT molecular complexity index is 860. The summed E-state index contributed by atoms with van der Waals surface area (Å²) in [6.07, 6.45) is 1.75. The number of likely N-dealkylation sites (tertiary alicyclic amines) is 1. The van der Waals surface area contributed by atoms with Crippen LogP contribution < -0.4 is 0 Å². The minimum Gasteiger partial charge on any atom is -0.441 e. The molecule has 8 heteroatoms. The molecule has 0 bridgehead atoms. The molecule has 1 aromatic carbocycles. The Morgan fingerprint density at radius 1 is 1.15 bits per heavy atom. The molecule has 0 radical (unpaired) electrons. The van der Waals surface area contributed by atoms with E-state index in [9.17, 15) is 18.4 Å². The first-order chi connectivity index (χ1) is 12.5. The van der Waals surface area contributed by atoms with Crippen LogP contribution in [0.5, 0.6) is 0 Å². The van der Waals surface area contributed by atoms with Crippen LogP contribution in [0, 0.1) is 11.6 Å². The fraction of sp³-hybridized carbons (Fsp3) is 0.389. The molecule has 1 fully saturated rings. The highest BCUT2D eigenvalue weighted by Gasteiger charge is 2.29. The smallest absolute Gasteiger partial charge is 0.242 e. The Kier molecular flexibility index (Phi) is 4.18. The van der Waals surface area contributed by atoms with Gasteiger partial charge in [-0.2, -0.15) is 0 Å². The number of benzene rings is 1. The van der Waals surface area contributed by atoms with E-state index in [1.807, 2.05) is 0 Å². The number of oxazole rings is 1. The number of hydrogen-bond donors (Lipinski definition) is 0. The molecule has 2 aliphatic heterocycles. The van der Waals surface area contributed by atoms with E-state index in [2.05, 4.69) is 4.98 Å². The molecule has 0 unspecified atom stereocenters. The molecule has 4 rings (SSSR count). The van der Waals surface area contributed by atoms with Gasteiger partial charge in [-0.05, 0) is 18.6 Å². The van der Waals surface area contributed by atoms with Crippen molar-refractivity contribution in [3.05, 3.63) is 41.3 Å². The minimum atomic E-state index is -0.705. The zero-order chi connectivity index (χ0) is 18.3. The molecule has 0 N–H and O–H groups in total. The molecule has 2 amide bonds. The first-order valence-electron chi connectivity index (χ1n) is 8.50. The molecule has 0 spiro atoms. The third-order valence-electron chi connectivity index (χ3n) is 4.69. The molecule has 26 heavy (non-hydrogen) atoms. The number of rotatable bonds is 3. The molecule has 1 saturated heterocycles. The van der Waals surface area contributed by atoms with Crippen LogP contribution in [0.15, 0.2) is 22.6 Å². The van der Waals surface area contributed by atoms with E-state index in [0.717, 1.165) is 24.6 Å². The lowest BCUT2D eigenvalue weighted by atomic mass is 10.1. The van der Waals surface area contributed by atoms with E-state index in [1.54, 1.807) is 9.80 Å². The van der Waals surface area contributed by atoms with Crippen molar-refractivity contribution >= 4 is 11.8 Å². The summed E-state index contributed by atoms with van der Waals surface area (Å²) in [5, 5.41) is 0. The Labute approximate surface area is 148 Å². The molecule has 3 heterocycles. The van der Waals surface area contributed by atoms with E-state index in [1.165, 1.54) is 0 Å². The van der Waals surface area contributed by atoms with E-state index < -0.39 is 11.6 Å². The lowest BCUT2D eigenvalue weighted by Crippen LogP contribution is -2.43. The molecule has 6 nitrogen and oxygen atoms in total. The molecule has 0 aliphatic carbocycles. The summed E-state index contributed by atoms with van der Waals surface area (Å²) < 4.78 is 32.4. The maximum atomic E-state index is 13.4. The largest absolute Gasteiger partial charge is 0.441 e. The third kappa shape index (κ3) is 3.18. The highest BCUT2D eigenvalue weighted by Crippen LogP contribution is 2.27. The summed E-state index contributed by atoms with van der Waals surface area (Å²) in [5.41, 5.74) is 0.800. The number of nitrogens with zero attached hydrogens (tertiary/aromatic N) is 3. The van der Waals surface area contributed by atoms with Gasteiger partial charge in [-0.1, -0.05) is 0 Å². The summed E-state index contributed by atoms with van der Waals surface area (Å²) in [5.74, 6) is -0.782. The number of fused-ring (bicyclic) bond motifs is 1. The van der Waals surface area contributed by atoms with Crippen molar-refractivity contribution in [2.75, 3.05) is 19.6 Å². The predicted octanol–water partition coefficient (Wildman–Crippen LogP) is 2.13. The van der Waals surface area contributed by atoms with Crippen LogP contribution in [0.2, 0.25) is 0 Å². The topological polar surface area (TPSA) is 66.7 Å². The number of halogens is 2. The number of amides is 2. The summed E-state index contributed by atoms with van der Waals surface area (Å²) >= 11 is 0. The molecule has 2 aromatic rings. The van der Waals surface area contributed by atoms with Gasteiger partial charge in [0, 0.05) is 37.6 Å². The van der Waals surface area contributed by atoms with Crippen LogP contribution in [-0.2, 0) is 22.6 Å². The molecule has 0 atom stereocenters. The lowest BCUT2D eigenvalue weighted by Gasteiger charge is -2.27. The molecule has 1 aromatic heterocycles. The van der Waals surface area contributed by atoms with Crippen molar-refractivity contribution < 1.29 is 22.8 Å². The van der Waals surface area contributed by atoms with E-state index >= 15 is 0 Å². The van der Waals surface area contributed by atoms with Crippen LogP contribution in [0.25, 0.3) is 11.5 Å². The van der Waals surface area contributed by atoms with Gasteiger partial charge in [-0.15, -0.1) is 0 Å². The quantitative estimate of drug-likeness (QED) is 0.840. The normalized spacial score (nSPS) is 16.9. The van der Waals surface area contributed by atoms with Gasteiger partial charge >= 0.3 is 0 Å². The summed E-state index contributed by atoms with van der Waals surface area (Å²) in [6, 6.07) is 3.09. The van der Waals surface area contributed by atoms with E-state index in [0.29, 0.717) is 37.4 Å². The number of hydrogen-bond acceptors (Lipinski definition) is 4. The van der Waals surface area contributed by atoms with Gasteiger partial charge in [-0.25, -0.2) is 13.8 Å². The first kappa shape index (κ1) is 16.7. The average molecular weight is 361 g/mol. The Balaban J connectivity index is 1.49. The number of carbonyl (C=O) groups excluding carboxylic acids is 2. The van der Waals surface area contributed by atoms with Crippen LogP contribution in [-0.4, -0.2) is 46.2 Å². The monoisotopic (exact) mass is 361 g/mol.